The molecule has 0 aromatic heterocycles. The van der Waals surface area contributed by atoms with E-state index in [0.29, 0.717) is 17.1 Å². The van der Waals surface area contributed by atoms with Crippen molar-refractivity contribution in [2.45, 2.75) is 6.92 Å². The van der Waals surface area contributed by atoms with Crippen LogP contribution in [0.3, 0.4) is 0 Å². The highest BCUT2D eigenvalue weighted by Crippen LogP contribution is 2.32. The Labute approximate surface area is 156 Å². The second-order valence-corrected chi connectivity index (χ2v) is 5.53. The largest absolute Gasteiger partial charge is 0.496 e. The summed E-state index contributed by atoms with van der Waals surface area (Å²) < 4.78 is 10.6. The Balaban J connectivity index is 2.35. The van der Waals surface area contributed by atoms with Crippen LogP contribution < -0.4 is 14.8 Å². The van der Waals surface area contributed by atoms with Gasteiger partial charge in [0, 0.05) is 16.8 Å². The molecule has 7 nitrogen and oxygen atoms in total. The summed E-state index contributed by atoms with van der Waals surface area (Å²) in [5, 5.41) is 20.9. The second-order valence-electron chi connectivity index (χ2n) is 5.53. The van der Waals surface area contributed by atoms with E-state index in [9.17, 15) is 14.9 Å². The minimum atomic E-state index is -1.11. The van der Waals surface area contributed by atoms with Crippen LogP contribution in [0.2, 0.25) is 0 Å². The predicted octanol–water partition coefficient (Wildman–Crippen LogP) is 3.26. The van der Waals surface area contributed by atoms with Crippen molar-refractivity contribution < 1.29 is 24.2 Å². The Morgan fingerprint density at radius 2 is 1.93 bits per heavy atom. The summed E-state index contributed by atoms with van der Waals surface area (Å²) in [7, 11) is 3.03. The van der Waals surface area contributed by atoms with Gasteiger partial charge in [-0.3, -0.25) is 4.79 Å². The first-order valence-electron chi connectivity index (χ1n) is 7.89. The fourth-order valence-electron chi connectivity index (χ4n) is 2.53. The van der Waals surface area contributed by atoms with Gasteiger partial charge in [-0.1, -0.05) is 6.07 Å². The Kier molecular flexibility index (Phi) is 6.18. The summed E-state index contributed by atoms with van der Waals surface area (Å²) in [5.74, 6) is -0.656. The average molecular weight is 366 g/mol. The quantitative estimate of drug-likeness (QED) is 0.600. The lowest BCUT2D eigenvalue weighted by molar-refractivity contribution is -0.112. The number of nitrogens with one attached hydrogen (secondary N) is 1. The van der Waals surface area contributed by atoms with E-state index in [1.807, 2.05) is 6.07 Å². The van der Waals surface area contributed by atoms with E-state index < -0.39 is 11.9 Å². The first-order valence-corrected chi connectivity index (χ1v) is 7.89. The lowest BCUT2D eigenvalue weighted by Gasteiger charge is -2.12. The van der Waals surface area contributed by atoms with Crippen LogP contribution in [0.1, 0.15) is 21.5 Å². The topological polar surface area (TPSA) is 109 Å². The first-order chi connectivity index (χ1) is 12.9. The highest BCUT2D eigenvalue weighted by Gasteiger charge is 2.15. The van der Waals surface area contributed by atoms with E-state index in [-0.39, 0.29) is 16.8 Å². The van der Waals surface area contributed by atoms with Crippen molar-refractivity contribution in [3.8, 4) is 17.6 Å². The molecule has 2 N–H and O–H groups in total. The van der Waals surface area contributed by atoms with Crippen molar-refractivity contribution in [1.29, 1.82) is 5.26 Å². The number of hydrogen-bond acceptors (Lipinski definition) is 5. The number of carbonyl (C=O) groups excluding carboxylic acids is 1. The molecule has 7 heteroatoms. The normalized spacial score (nSPS) is 10.7. The number of carboxylic acid groups (broad SMARTS) is 1. The van der Waals surface area contributed by atoms with Crippen LogP contribution in [0.5, 0.6) is 11.5 Å². The molecule has 0 bridgehead atoms. The van der Waals surface area contributed by atoms with Crippen LogP contribution in [-0.2, 0) is 4.79 Å². The standard InChI is InChI=1S/C20H18N2O5/c1-12-17(26-2)8-7-13(18(12)27-3)9-15(11-21)19(23)22-16-6-4-5-14(10-16)20(24)25/h4-10H,1-3H3,(H,22,23)(H,24,25). The third-order valence-electron chi connectivity index (χ3n) is 3.84. The minimum Gasteiger partial charge on any atom is -0.496 e. The van der Waals surface area contributed by atoms with Gasteiger partial charge < -0.3 is 19.9 Å². The molecule has 2 aromatic rings. The van der Waals surface area contributed by atoms with E-state index in [2.05, 4.69) is 5.32 Å². The van der Waals surface area contributed by atoms with E-state index >= 15 is 0 Å². The minimum absolute atomic E-state index is 0.0303. The van der Waals surface area contributed by atoms with Gasteiger partial charge in [0.05, 0.1) is 19.8 Å². The van der Waals surface area contributed by atoms with Gasteiger partial charge in [-0.2, -0.15) is 5.26 Å². The Bertz CT molecular complexity index is 957. The molecule has 0 saturated carbocycles. The smallest absolute Gasteiger partial charge is 0.335 e. The molecule has 0 unspecified atom stereocenters. The molecule has 0 saturated heterocycles. The molecular formula is C20H18N2O5. The van der Waals surface area contributed by atoms with Gasteiger partial charge >= 0.3 is 5.97 Å². The maximum Gasteiger partial charge on any atom is 0.335 e. The molecule has 0 spiro atoms. The lowest BCUT2D eigenvalue weighted by Crippen LogP contribution is -2.14. The zero-order valence-electron chi connectivity index (χ0n) is 15.1. The highest BCUT2D eigenvalue weighted by atomic mass is 16.5. The van der Waals surface area contributed by atoms with E-state index in [1.54, 1.807) is 19.1 Å². The molecule has 0 fully saturated rings. The van der Waals surface area contributed by atoms with Crippen LogP contribution in [0, 0.1) is 18.3 Å². The molecule has 0 aliphatic carbocycles. The van der Waals surface area contributed by atoms with E-state index in [4.69, 9.17) is 14.6 Å². The maximum absolute atomic E-state index is 12.4. The second kappa shape index (κ2) is 8.54. The molecule has 27 heavy (non-hydrogen) atoms. The number of aromatic carboxylic acids is 1. The van der Waals surface area contributed by atoms with Gasteiger partial charge in [0.1, 0.15) is 23.1 Å². The number of nitriles is 1. The highest BCUT2D eigenvalue weighted by molar-refractivity contribution is 6.10. The van der Waals surface area contributed by atoms with Crippen LogP contribution in [-0.4, -0.2) is 31.2 Å². The van der Waals surface area contributed by atoms with Crippen LogP contribution in [0.15, 0.2) is 42.0 Å². The average Bonchev–Trinajstić information content (AvgIpc) is 2.66. The van der Waals surface area contributed by atoms with Crippen LogP contribution in [0.4, 0.5) is 5.69 Å². The monoisotopic (exact) mass is 366 g/mol. The van der Waals surface area contributed by atoms with Crippen LogP contribution in [0.25, 0.3) is 6.08 Å². The maximum atomic E-state index is 12.4. The van der Waals surface area contributed by atoms with Crippen molar-refractivity contribution in [1.82, 2.24) is 0 Å². The number of methoxy groups -OCH3 is 2. The number of nitrogens with zero attached hydrogens (tertiary/aromatic N) is 1. The number of carbonyl (C=O) groups is 2. The van der Waals surface area contributed by atoms with Gasteiger partial charge in [0.25, 0.3) is 5.91 Å². The Morgan fingerprint density at radius 3 is 2.52 bits per heavy atom. The molecule has 0 aliphatic heterocycles. The molecule has 2 rings (SSSR count). The predicted molar refractivity (Wildman–Crippen MR) is 99.9 cm³/mol. The summed E-state index contributed by atoms with van der Waals surface area (Å²) in [5.41, 5.74) is 1.43. The van der Waals surface area contributed by atoms with Gasteiger partial charge in [0.15, 0.2) is 0 Å². The Morgan fingerprint density at radius 1 is 1.19 bits per heavy atom. The van der Waals surface area contributed by atoms with Gasteiger partial charge in [-0.15, -0.1) is 0 Å². The number of carboxylic acids is 1. The van der Waals surface area contributed by atoms with Gasteiger partial charge in [0.2, 0.25) is 0 Å². The number of benzene rings is 2. The van der Waals surface area contributed by atoms with Crippen LogP contribution >= 0.6 is 0 Å². The summed E-state index contributed by atoms with van der Waals surface area (Å²) >= 11 is 0. The summed E-state index contributed by atoms with van der Waals surface area (Å²) in [4.78, 5) is 23.4. The molecule has 0 aliphatic rings. The third-order valence-corrected chi connectivity index (χ3v) is 3.84. The van der Waals surface area contributed by atoms with E-state index in [0.717, 1.165) is 5.56 Å². The summed E-state index contributed by atoms with van der Waals surface area (Å²) in [6, 6.07) is 11.0. The number of anilines is 1. The SMILES string of the molecule is COc1ccc(C=C(C#N)C(=O)Nc2cccc(C(=O)O)c2)c(OC)c1C. The van der Waals surface area contributed by atoms with Crippen molar-refractivity contribution in [3.63, 3.8) is 0 Å². The zero-order chi connectivity index (χ0) is 20.0. The van der Waals surface area contributed by atoms with Crippen molar-refractivity contribution in [2.75, 3.05) is 19.5 Å². The zero-order valence-corrected chi connectivity index (χ0v) is 15.1. The number of amides is 1. The number of rotatable bonds is 6. The molecule has 2 aromatic carbocycles. The summed E-state index contributed by atoms with van der Waals surface area (Å²) in [6.07, 6.45) is 1.40. The molecule has 0 atom stereocenters. The number of ether oxygens (including phenoxy) is 2. The van der Waals surface area contributed by atoms with Crippen molar-refractivity contribution >= 4 is 23.6 Å². The Hall–Kier alpha value is -3.79. The first kappa shape index (κ1) is 19.5. The number of hydrogen-bond donors (Lipinski definition) is 2. The lowest BCUT2D eigenvalue weighted by atomic mass is 10.1. The molecule has 1 amide bonds. The van der Waals surface area contributed by atoms with Gasteiger partial charge in [-0.25, -0.2) is 4.79 Å². The molecular weight excluding hydrogens is 348 g/mol. The van der Waals surface area contributed by atoms with E-state index in [1.165, 1.54) is 44.6 Å². The fourth-order valence-corrected chi connectivity index (χ4v) is 2.53. The molecule has 138 valence electrons. The summed E-state index contributed by atoms with van der Waals surface area (Å²) in [6.45, 7) is 1.80. The fraction of sp³-hybridized carbons (Fsp3) is 0.150. The van der Waals surface area contributed by atoms with Crippen molar-refractivity contribution in [2.24, 2.45) is 0 Å². The molecule has 0 heterocycles. The third kappa shape index (κ3) is 4.44. The van der Waals surface area contributed by atoms with Gasteiger partial charge in [-0.05, 0) is 43.3 Å². The van der Waals surface area contributed by atoms with Crippen molar-refractivity contribution in [3.05, 3.63) is 58.7 Å². The molecule has 0 radical (unpaired) electrons.